The number of unbranched alkanes of at least 4 members (excludes halogenated alkanes) is 2. The number of nitrogens with zero attached hydrogens (tertiary/aromatic N) is 1. The predicted octanol–water partition coefficient (Wildman–Crippen LogP) is 3.39. The molecule has 2 heteroatoms. The summed E-state index contributed by atoms with van der Waals surface area (Å²) in [5, 5.41) is 13.0. The lowest BCUT2D eigenvalue weighted by atomic mass is 9.62. The summed E-state index contributed by atoms with van der Waals surface area (Å²) in [5.41, 5.74) is 0.947. The molecular formula is C16H22N2. The van der Waals surface area contributed by atoms with Crippen LogP contribution in [0.2, 0.25) is 0 Å². The van der Waals surface area contributed by atoms with Gasteiger partial charge in [-0.2, -0.15) is 5.26 Å². The molecule has 1 aliphatic rings. The van der Waals surface area contributed by atoms with Gasteiger partial charge in [-0.25, -0.2) is 0 Å². The Labute approximate surface area is 110 Å². The Hall–Kier alpha value is -1.33. The lowest BCUT2D eigenvalue weighted by Crippen LogP contribution is -2.51. The first-order valence-electron chi connectivity index (χ1n) is 7.01. The van der Waals surface area contributed by atoms with E-state index < -0.39 is 0 Å². The Bertz CT molecular complexity index is 399. The van der Waals surface area contributed by atoms with Gasteiger partial charge in [0.2, 0.25) is 0 Å². The fourth-order valence-electron chi connectivity index (χ4n) is 2.76. The molecule has 0 spiro atoms. The Morgan fingerprint density at radius 1 is 1.28 bits per heavy atom. The maximum Gasteiger partial charge on any atom is 0.0852 e. The van der Waals surface area contributed by atoms with Crippen molar-refractivity contribution in [2.45, 2.75) is 50.5 Å². The summed E-state index contributed by atoms with van der Waals surface area (Å²) in [6, 6.07) is 13.3. The Balaban J connectivity index is 1.83. The van der Waals surface area contributed by atoms with E-state index in [0.29, 0.717) is 6.04 Å². The molecule has 0 amide bonds. The summed E-state index contributed by atoms with van der Waals surface area (Å²) >= 11 is 0. The van der Waals surface area contributed by atoms with Crippen molar-refractivity contribution in [2.75, 3.05) is 6.54 Å². The van der Waals surface area contributed by atoms with Crippen molar-refractivity contribution < 1.29 is 0 Å². The van der Waals surface area contributed by atoms with Crippen molar-refractivity contribution in [3.05, 3.63) is 35.9 Å². The summed E-state index contributed by atoms with van der Waals surface area (Å²) in [5.74, 6) is 0. The first-order chi connectivity index (χ1) is 8.80. The van der Waals surface area contributed by atoms with Gasteiger partial charge < -0.3 is 5.32 Å². The summed E-state index contributed by atoms with van der Waals surface area (Å²) < 4.78 is 0. The largest absolute Gasteiger partial charge is 0.314 e. The molecule has 96 valence electrons. The van der Waals surface area contributed by atoms with E-state index in [2.05, 4.69) is 30.4 Å². The summed E-state index contributed by atoms with van der Waals surface area (Å²) in [6.45, 7) is 3.31. The highest BCUT2D eigenvalue weighted by Gasteiger charge is 2.45. The molecule has 2 nitrogen and oxygen atoms in total. The highest BCUT2D eigenvalue weighted by atomic mass is 14.9. The van der Waals surface area contributed by atoms with Crippen LogP contribution in [-0.2, 0) is 5.41 Å². The smallest absolute Gasteiger partial charge is 0.0852 e. The maximum absolute atomic E-state index is 9.44. The van der Waals surface area contributed by atoms with E-state index in [0.717, 1.165) is 19.4 Å². The minimum Gasteiger partial charge on any atom is -0.314 e. The van der Waals surface area contributed by atoms with Crippen LogP contribution < -0.4 is 5.32 Å². The van der Waals surface area contributed by atoms with Crippen molar-refractivity contribution in [1.82, 2.24) is 5.32 Å². The average molecular weight is 242 g/mol. The van der Waals surface area contributed by atoms with Crippen LogP contribution in [0.4, 0.5) is 0 Å². The highest BCUT2D eigenvalue weighted by Crippen LogP contribution is 2.43. The van der Waals surface area contributed by atoms with Crippen molar-refractivity contribution in [3.8, 4) is 6.07 Å². The molecule has 2 rings (SSSR count). The molecule has 1 aromatic carbocycles. The molecule has 0 bridgehead atoms. The van der Waals surface area contributed by atoms with E-state index in [4.69, 9.17) is 0 Å². The van der Waals surface area contributed by atoms with Crippen LogP contribution in [0, 0.1) is 11.3 Å². The molecule has 1 fully saturated rings. The summed E-state index contributed by atoms with van der Waals surface area (Å²) in [4.78, 5) is 0. The van der Waals surface area contributed by atoms with E-state index in [1.165, 1.54) is 24.8 Å². The zero-order chi connectivity index (χ0) is 12.8. The first kappa shape index (κ1) is 13.1. The number of hydrogen-bond acceptors (Lipinski definition) is 2. The fourth-order valence-corrected chi connectivity index (χ4v) is 2.76. The van der Waals surface area contributed by atoms with Gasteiger partial charge in [0, 0.05) is 6.04 Å². The number of benzene rings is 1. The molecule has 1 aliphatic carbocycles. The van der Waals surface area contributed by atoms with Crippen LogP contribution in [0.1, 0.15) is 44.6 Å². The zero-order valence-corrected chi connectivity index (χ0v) is 11.2. The van der Waals surface area contributed by atoms with Gasteiger partial charge >= 0.3 is 0 Å². The predicted molar refractivity (Wildman–Crippen MR) is 74.3 cm³/mol. The minimum absolute atomic E-state index is 0.232. The van der Waals surface area contributed by atoms with Crippen LogP contribution in [0.5, 0.6) is 0 Å². The molecule has 0 unspecified atom stereocenters. The van der Waals surface area contributed by atoms with E-state index >= 15 is 0 Å². The number of nitriles is 1. The van der Waals surface area contributed by atoms with Gasteiger partial charge in [0.15, 0.2) is 0 Å². The third-order valence-electron chi connectivity index (χ3n) is 3.94. The maximum atomic E-state index is 9.44. The van der Waals surface area contributed by atoms with E-state index in [1.54, 1.807) is 0 Å². The second-order valence-corrected chi connectivity index (χ2v) is 5.33. The molecule has 1 N–H and O–H groups in total. The molecule has 0 aliphatic heterocycles. The van der Waals surface area contributed by atoms with Crippen LogP contribution in [0.3, 0.4) is 0 Å². The van der Waals surface area contributed by atoms with Crippen LogP contribution in [0.15, 0.2) is 30.3 Å². The lowest BCUT2D eigenvalue weighted by molar-refractivity contribution is 0.226. The van der Waals surface area contributed by atoms with Gasteiger partial charge in [-0.3, -0.25) is 0 Å². The van der Waals surface area contributed by atoms with Crippen molar-refractivity contribution in [3.63, 3.8) is 0 Å². The normalized spacial score (nSPS) is 26.3. The zero-order valence-electron chi connectivity index (χ0n) is 11.2. The van der Waals surface area contributed by atoms with E-state index in [1.807, 2.05) is 18.2 Å². The molecule has 0 atom stereocenters. The topological polar surface area (TPSA) is 35.8 Å². The molecule has 1 saturated carbocycles. The molecular weight excluding hydrogens is 220 g/mol. The second-order valence-electron chi connectivity index (χ2n) is 5.33. The quantitative estimate of drug-likeness (QED) is 0.776. The van der Waals surface area contributed by atoms with Gasteiger partial charge in [-0.1, -0.05) is 50.1 Å². The van der Waals surface area contributed by atoms with Crippen molar-refractivity contribution in [1.29, 1.82) is 5.26 Å². The van der Waals surface area contributed by atoms with Gasteiger partial charge in [0.1, 0.15) is 0 Å². The fraction of sp³-hybridized carbons (Fsp3) is 0.562. The molecule has 0 saturated heterocycles. The molecule has 0 aromatic heterocycles. The Morgan fingerprint density at radius 2 is 2.00 bits per heavy atom. The first-order valence-corrected chi connectivity index (χ1v) is 7.01. The molecule has 1 aromatic rings. The van der Waals surface area contributed by atoms with E-state index in [9.17, 15) is 5.26 Å². The number of nitrogens with one attached hydrogen (secondary N) is 1. The highest BCUT2D eigenvalue weighted by molar-refractivity contribution is 5.36. The minimum atomic E-state index is -0.232. The summed E-state index contributed by atoms with van der Waals surface area (Å²) in [7, 11) is 0. The van der Waals surface area contributed by atoms with E-state index in [-0.39, 0.29) is 5.41 Å². The second kappa shape index (κ2) is 6.02. The standard InChI is InChI=1S/C16H22N2/c1-2-3-7-10-18-15-11-16(12-15,13-17)14-8-5-4-6-9-14/h4-6,8-9,15,18H,2-3,7,10-12H2,1H3. The number of hydrogen-bond donors (Lipinski definition) is 1. The third kappa shape index (κ3) is 2.73. The monoisotopic (exact) mass is 242 g/mol. The van der Waals surface area contributed by atoms with Crippen molar-refractivity contribution >= 4 is 0 Å². The molecule has 0 radical (unpaired) electrons. The van der Waals surface area contributed by atoms with Gasteiger partial charge in [-0.15, -0.1) is 0 Å². The van der Waals surface area contributed by atoms with Crippen molar-refractivity contribution in [2.24, 2.45) is 0 Å². The third-order valence-corrected chi connectivity index (χ3v) is 3.94. The van der Waals surface area contributed by atoms with Gasteiger partial charge in [-0.05, 0) is 31.4 Å². The van der Waals surface area contributed by atoms with Crippen LogP contribution in [-0.4, -0.2) is 12.6 Å². The van der Waals surface area contributed by atoms with Gasteiger partial charge in [0.05, 0.1) is 11.5 Å². The van der Waals surface area contributed by atoms with Crippen LogP contribution >= 0.6 is 0 Å². The molecule has 18 heavy (non-hydrogen) atoms. The SMILES string of the molecule is CCCCCNC1CC(C#N)(c2ccccc2)C1. The van der Waals surface area contributed by atoms with Gasteiger partial charge in [0.25, 0.3) is 0 Å². The Morgan fingerprint density at radius 3 is 2.61 bits per heavy atom. The van der Waals surface area contributed by atoms with Crippen LogP contribution in [0.25, 0.3) is 0 Å². The number of rotatable bonds is 6. The lowest BCUT2D eigenvalue weighted by Gasteiger charge is -2.43. The average Bonchev–Trinajstić information content (AvgIpc) is 2.38. The summed E-state index contributed by atoms with van der Waals surface area (Å²) in [6.07, 6.45) is 5.72. The Kier molecular flexibility index (Phi) is 4.38. The molecule has 0 heterocycles.